The van der Waals surface area contributed by atoms with E-state index in [1.54, 1.807) is 4.68 Å². The summed E-state index contributed by atoms with van der Waals surface area (Å²) in [6.07, 6.45) is 9.12. The van der Waals surface area contributed by atoms with E-state index in [9.17, 15) is 0 Å². The second-order valence-corrected chi connectivity index (χ2v) is 8.21. The van der Waals surface area contributed by atoms with Crippen molar-refractivity contribution in [1.29, 1.82) is 0 Å². The molecule has 1 aliphatic carbocycles. The zero-order chi connectivity index (χ0) is 19.5. The molecule has 2 aliphatic rings. The number of anilines is 1. The van der Waals surface area contributed by atoms with Gasteiger partial charge in [-0.25, -0.2) is 9.66 Å². The summed E-state index contributed by atoms with van der Waals surface area (Å²) >= 11 is 6.12. The summed E-state index contributed by atoms with van der Waals surface area (Å²) in [4.78, 5) is 11.3. The SMILES string of the molecule is C=CC1CCC2(C1)C(=C)N(Cc1nc3cc(Cl)ccc3n1N)c1cnccc12. The van der Waals surface area contributed by atoms with Crippen molar-refractivity contribution in [2.24, 2.45) is 5.92 Å². The number of imidazole rings is 1. The highest BCUT2D eigenvalue weighted by molar-refractivity contribution is 6.31. The maximum absolute atomic E-state index is 6.35. The van der Waals surface area contributed by atoms with Crippen molar-refractivity contribution in [1.82, 2.24) is 14.6 Å². The molecule has 5 nitrogen and oxygen atoms in total. The summed E-state index contributed by atoms with van der Waals surface area (Å²) < 4.78 is 1.64. The van der Waals surface area contributed by atoms with Gasteiger partial charge in [0.15, 0.2) is 0 Å². The molecule has 2 atom stereocenters. The van der Waals surface area contributed by atoms with E-state index in [0.717, 1.165) is 47.5 Å². The Morgan fingerprint density at radius 1 is 1.36 bits per heavy atom. The molecule has 1 spiro atoms. The number of allylic oxidation sites excluding steroid dienone is 2. The maximum atomic E-state index is 6.35. The predicted molar refractivity (Wildman–Crippen MR) is 114 cm³/mol. The van der Waals surface area contributed by atoms with Gasteiger partial charge in [0.05, 0.1) is 29.5 Å². The summed E-state index contributed by atoms with van der Waals surface area (Å²) in [5, 5.41) is 0.651. The molecule has 3 aromatic rings. The summed E-state index contributed by atoms with van der Waals surface area (Å²) in [7, 11) is 0. The van der Waals surface area contributed by atoms with Crippen LogP contribution in [0.1, 0.15) is 30.7 Å². The van der Waals surface area contributed by atoms with Crippen LogP contribution in [0.3, 0.4) is 0 Å². The van der Waals surface area contributed by atoms with Gasteiger partial charge in [-0.15, -0.1) is 6.58 Å². The molecule has 0 bridgehead atoms. The van der Waals surface area contributed by atoms with Crippen molar-refractivity contribution in [3.8, 4) is 0 Å². The molecule has 1 aromatic carbocycles. The molecule has 0 saturated heterocycles. The number of rotatable bonds is 3. The summed E-state index contributed by atoms with van der Waals surface area (Å²) in [5.41, 5.74) is 5.11. The van der Waals surface area contributed by atoms with Gasteiger partial charge in [-0.2, -0.15) is 0 Å². The zero-order valence-electron chi connectivity index (χ0n) is 15.6. The minimum Gasteiger partial charge on any atom is -0.337 e. The number of nitrogens with zero attached hydrogens (tertiary/aromatic N) is 4. The zero-order valence-corrected chi connectivity index (χ0v) is 16.4. The van der Waals surface area contributed by atoms with Gasteiger partial charge < -0.3 is 10.7 Å². The van der Waals surface area contributed by atoms with Crippen LogP contribution in [-0.4, -0.2) is 14.6 Å². The topological polar surface area (TPSA) is 60.0 Å². The largest absolute Gasteiger partial charge is 0.337 e. The highest BCUT2D eigenvalue weighted by atomic mass is 35.5. The molecule has 2 aromatic heterocycles. The van der Waals surface area contributed by atoms with Crippen LogP contribution >= 0.6 is 11.6 Å². The second kappa shape index (κ2) is 6.11. The lowest BCUT2D eigenvalue weighted by Gasteiger charge is -2.29. The van der Waals surface area contributed by atoms with Crippen LogP contribution in [0.15, 0.2) is 61.6 Å². The molecule has 1 saturated carbocycles. The number of nitrogen functional groups attached to an aromatic ring is 1. The average molecular weight is 392 g/mol. The Morgan fingerprint density at radius 2 is 2.21 bits per heavy atom. The fourth-order valence-corrected chi connectivity index (χ4v) is 5.08. The van der Waals surface area contributed by atoms with E-state index in [1.165, 1.54) is 5.56 Å². The highest BCUT2D eigenvalue weighted by Crippen LogP contribution is 2.57. The Morgan fingerprint density at radius 3 is 3.00 bits per heavy atom. The van der Waals surface area contributed by atoms with E-state index >= 15 is 0 Å². The van der Waals surface area contributed by atoms with Crippen LogP contribution in [0.5, 0.6) is 0 Å². The van der Waals surface area contributed by atoms with Crippen LogP contribution < -0.4 is 10.7 Å². The summed E-state index contributed by atoms with van der Waals surface area (Å²) in [5.74, 6) is 7.63. The molecule has 1 fully saturated rings. The first-order valence-corrected chi connectivity index (χ1v) is 9.87. The lowest BCUT2D eigenvalue weighted by Crippen LogP contribution is -2.29. The minimum absolute atomic E-state index is 0.0497. The highest BCUT2D eigenvalue weighted by Gasteiger charge is 2.50. The molecular weight excluding hydrogens is 370 g/mol. The number of hydrogen-bond donors (Lipinski definition) is 1. The maximum Gasteiger partial charge on any atom is 0.148 e. The van der Waals surface area contributed by atoms with Crippen molar-refractivity contribution < 1.29 is 0 Å². The predicted octanol–water partition coefficient (Wildman–Crippen LogP) is 4.56. The van der Waals surface area contributed by atoms with E-state index in [2.05, 4.69) is 35.2 Å². The third kappa shape index (κ3) is 2.32. The Balaban J connectivity index is 1.57. The third-order valence-corrected chi connectivity index (χ3v) is 6.63. The fraction of sp³-hybridized carbons (Fsp3) is 0.273. The molecular formula is C22H22ClN5. The van der Waals surface area contributed by atoms with E-state index in [-0.39, 0.29) is 5.41 Å². The van der Waals surface area contributed by atoms with Gasteiger partial charge in [-0.1, -0.05) is 24.3 Å². The van der Waals surface area contributed by atoms with Crippen LogP contribution in [-0.2, 0) is 12.0 Å². The van der Waals surface area contributed by atoms with Gasteiger partial charge in [-0.3, -0.25) is 4.98 Å². The number of aromatic nitrogens is 3. The van der Waals surface area contributed by atoms with Gasteiger partial charge in [0.2, 0.25) is 0 Å². The van der Waals surface area contributed by atoms with Gasteiger partial charge in [-0.05, 0) is 55.0 Å². The van der Waals surface area contributed by atoms with E-state index in [0.29, 0.717) is 17.5 Å². The number of pyridine rings is 1. The van der Waals surface area contributed by atoms with Gasteiger partial charge >= 0.3 is 0 Å². The van der Waals surface area contributed by atoms with E-state index < -0.39 is 0 Å². The molecule has 3 heterocycles. The number of benzene rings is 1. The second-order valence-electron chi connectivity index (χ2n) is 7.78. The first-order valence-electron chi connectivity index (χ1n) is 9.49. The molecule has 2 unspecified atom stereocenters. The number of fused-ring (bicyclic) bond motifs is 3. The molecule has 28 heavy (non-hydrogen) atoms. The number of hydrogen-bond acceptors (Lipinski definition) is 4. The van der Waals surface area contributed by atoms with Crippen molar-refractivity contribution in [3.05, 3.63) is 78.0 Å². The van der Waals surface area contributed by atoms with Gasteiger partial charge in [0, 0.05) is 22.3 Å². The summed E-state index contributed by atoms with van der Waals surface area (Å²) in [6, 6.07) is 7.70. The van der Waals surface area contributed by atoms with Crippen LogP contribution in [0.4, 0.5) is 5.69 Å². The Bertz CT molecular complexity index is 1120. The molecule has 142 valence electrons. The molecule has 6 heteroatoms. The molecule has 0 radical (unpaired) electrons. The van der Waals surface area contributed by atoms with Crippen molar-refractivity contribution in [3.63, 3.8) is 0 Å². The Kier molecular flexibility index (Phi) is 3.78. The van der Waals surface area contributed by atoms with Crippen LogP contribution in [0, 0.1) is 5.92 Å². The molecule has 5 rings (SSSR count). The minimum atomic E-state index is -0.0497. The van der Waals surface area contributed by atoms with Crippen molar-refractivity contribution in [2.75, 3.05) is 10.7 Å². The normalized spacial score (nSPS) is 23.7. The Labute approximate surface area is 169 Å². The number of halogens is 1. The van der Waals surface area contributed by atoms with Crippen molar-refractivity contribution in [2.45, 2.75) is 31.2 Å². The van der Waals surface area contributed by atoms with E-state index in [4.69, 9.17) is 22.4 Å². The average Bonchev–Trinajstić information content (AvgIpc) is 3.33. The molecule has 0 amide bonds. The standard InChI is InChI=1S/C22H22ClN5/c1-3-15-6-8-22(11-15)14(2)27(20-12-25-9-7-17(20)22)13-21-26-18-10-16(23)4-5-19(18)28(21)24/h3-5,7,9-10,12,15H,1-2,6,8,11,13,24H2. The van der Waals surface area contributed by atoms with Crippen LogP contribution in [0.2, 0.25) is 5.02 Å². The molecule has 2 N–H and O–H groups in total. The van der Waals surface area contributed by atoms with Crippen LogP contribution in [0.25, 0.3) is 11.0 Å². The lowest BCUT2D eigenvalue weighted by molar-refractivity contribution is 0.515. The Hall–Kier alpha value is -2.79. The van der Waals surface area contributed by atoms with Crippen molar-refractivity contribution >= 4 is 28.3 Å². The van der Waals surface area contributed by atoms with Gasteiger partial charge in [0.25, 0.3) is 0 Å². The van der Waals surface area contributed by atoms with E-state index in [1.807, 2.05) is 30.6 Å². The third-order valence-electron chi connectivity index (χ3n) is 6.39. The first kappa shape index (κ1) is 17.3. The number of nitrogens with two attached hydrogens (primary N) is 1. The fourth-order valence-electron chi connectivity index (χ4n) is 4.91. The summed E-state index contributed by atoms with van der Waals surface area (Å²) in [6.45, 7) is 9.07. The first-order chi connectivity index (χ1) is 13.5. The quantitative estimate of drug-likeness (QED) is 0.525. The lowest BCUT2D eigenvalue weighted by atomic mass is 9.78. The smallest absolute Gasteiger partial charge is 0.148 e. The molecule has 1 aliphatic heterocycles. The van der Waals surface area contributed by atoms with Gasteiger partial charge in [0.1, 0.15) is 5.82 Å². The monoisotopic (exact) mass is 391 g/mol.